The van der Waals surface area contributed by atoms with E-state index in [4.69, 9.17) is 0 Å². The molecule has 1 atom stereocenters. The Labute approximate surface area is 146 Å². The Morgan fingerprint density at radius 1 is 1.29 bits per heavy atom. The second-order valence-electron chi connectivity index (χ2n) is 6.89. The average Bonchev–Trinajstić information content (AvgIpc) is 3.31. The molecule has 2 aliphatic heterocycles. The number of carbonyl (C=O) groups excluding carboxylic acids is 1. The third-order valence-corrected chi connectivity index (χ3v) is 5.70. The van der Waals surface area contributed by atoms with E-state index in [9.17, 15) is 4.79 Å². The topological polar surface area (TPSA) is 49.3 Å². The number of nitrogens with zero attached hydrogens (tertiary/aromatic N) is 4. The van der Waals surface area contributed by atoms with Gasteiger partial charge in [-0.3, -0.25) is 4.79 Å². The summed E-state index contributed by atoms with van der Waals surface area (Å²) in [6, 6.07) is 8.25. The van der Waals surface area contributed by atoms with Crippen molar-refractivity contribution >= 4 is 28.3 Å². The summed E-state index contributed by atoms with van der Waals surface area (Å²) in [5.41, 5.74) is 2.38. The smallest absolute Gasteiger partial charge is 0.231 e. The van der Waals surface area contributed by atoms with Gasteiger partial charge >= 0.3 is 0 Å². The minimum atomic E-state index is 0.0579. The number of fused-ring (bicyclic) bond motifs is 1. The summed E-state index contributed by atoms with van der Waals surface area (Å²) in [6.07, 6.45) is 1.86. The molecule has 0 saturated carbocycles. The van der Waals surface area contributed by atoms with Gasteiger partial charge in [0.1, 0.15) is 5.82 Å². The van der Waals surface area contributed by atoms with Crippen molar-refractivity contribution < 1.29 is 4.79 Å². The summed E-state index contributed by atoms with van der Waals surface area (Å²) in [7, 11) is 0. The number of amides is 1. The van der Waals surface area contributed by atoms with Gasteiger partial charge in [-0.05, 0) is 24.5 Å². The normalized spacial score (nSPS) is 20.0. The summed E-state index contributed by atoms with van der Waals surface area (Å²) in [5, 5.41) is 0.954. The second-order valence-corrected chi connectivity index (χ2v) is 7.62. The van der Waals surface area contributed by atoms with Crippen LogP contribution in [0.3, 0.4) is 0 Å². The van der Waals surface area contributed by atoms with E-state index in [1.807, 2.05) is 17.0 Å². The molecule has 1 aromatic carbocycles. The average molecular weight is 342 g/mol. The Morgan fingerprint density at radius 2 is 2.12 bits per heavy atom. The molecule has 1 unspecified atom stereocenters. The number of rotatable bonds is 3. The quantitative estimate of drug-likeness (QED) is 0.860. The summed E-state index contributed by atoms with van der Waals surface area (Å²) in [4.78, 5) is 21.8. The Hall–Kier alpha value is -1.95. The number of para-hydroxylation sites is 1. The van der Waals surface area contributed by atoms with Crippen molar-refractivity contribution in [2.75, 3.05) is 29.4 Å². The predicted molar refractivity (Wildman–Crippen MR) is 96.8 cm³/mol. The summed E-state index contributed by atoms with van der Waals surface area (Å²) in [5.74, 6) is 1.56. The molecule has 5 nitrogen and oxygen atoms in total. The monoisotopic (exact) mass is 342 g/mol. The van der Waals surface area contributed by atoms with E-state index in [0.717, 1.165) is 49.1 Å². The van der Waals surface area contributed by atoms with E-state index in [0.29, 0.717) is 5.92 Å². The predicted octanol–water partition coefficient (Wildman–Crippen LogP) is 3.08. The van der Waals surface area contributed by atoms with Crippen LogP contribution in [-0.2, 0) is 11.2 Å². The summed E-state index contributed by atoms with van der Waals surface area (Å²) >= 11 is 1.45. The molecular weight excluding hydrogens is 320 g/mol. The maximum atomic E-state index is 13.0. The van der Waals surface area contributed by atoms with Crippen molar-refractivity contribution in [2.45, 2.75) is 32.6 Å². The fourth-order valence-electron chi connectivity index (χ4n) is 3.51. The standard InChI is InChI=1S/C18H22N4OS/c1-12(2)16-19-18(24-20-16)21-9-7-14(11-21)17(23)22-10-8-13-5-3-4-6-15(13)22/h3-6,12,14H,7-11H2,1-2H3. The lowest BCUT2D eigenvalue weighted by Gasteiger charge is -2.21. The van der Waals surface area contributed by atoms with E-state index in [1.165, 1.54) is 17.1 Å². The number of benzene rings is 1. The number of anilines is 2. The zero-order chi connectivity index (χ0) is 16.7. The minimum Gasteiger partial charge on any atom is -0.346 e. The first-order valence-corrected chi connectivity index (χ1v) is 9.38. The first-order chi connectivity index (χ1) is 11.6. The molecule has 0 N–H and O–H groups in total. The van der Waals surface area contributed by atoms with Gasteiger partial charge in [-0.1, -0.05) is 32.0 Å². The summed E-state index contributed by atoms with van der Waals surface area (Å²) < 4.78 is 4.43. The van der Waals surface area contributed by atoms with Gasteiger partial charge in [0.15, 0.2) is 0 Å². The van der Waals surface area contributed by atoms with Crippen LogP contribution in [-0.4, -0.2) is 34.9 Å². The van der Waals surface area contributed by atoms with Crippen molar-refractivity contribution in [3.8, 4) is 0 Å². The lowest BCUT2D eigenvalue weighted by molar-refractivity contribution is -0.121. The number of hydrogen-bond acceptors (Lipinski definition) is 5. The van der Waals surface area contributed by atoms with Crippen LogP contribution in [0, 0.1) is 5.92 Å². The van der Waals surface area contributed by atoms with Gasteiger partial charge in [0.2, 0.25) is 11.0 Å². The van der Waals surface area contributed by atoms with E-state index >= 15 is 0 Å². The van der Waals surface area contributed by atoms with Crippen molar-refractivity contribution in [3.63, 3.8) is 0 Å². The van der Waals surface area contributed by atoms with Gasteiger partial charge in [-0.2, -0.15) is 4.37 Å². The number of hydrogen-bond donors (Lipinski definition) is 0. The highest BCUT2D eigenvalue weighted by atomic mass is 32.1. The number of aromatic nitrogens is 2. The largest absolute Gasteiger partial charge is 0.346 e. The Kier molecular flexibility index (Phi) is 4.00. The highest BCUT2D eigenvalue weighted by Gasteiger charge is 2.35. The zero-order valence-electron chi connectivity index (χ0n) is 14.1. The van der Waals surface area contributed by atoms with Gasteiger partial charge in [0, 0.05) is 42.8 Å². The molecule has 1 aromatic heterocycles. The summed E-state index contributed by atoms with van der Waals surface area (Å²) in [6.45, 7) is 6.66. The minimum absolute atomic E-state index is 0.0579. The van der Waals surface area contributed by atoms with Gasteiger partial charge in [0.25, 0.3) is 0 Å². The van der Waals surface area contributed by atoms with Crippen molar-refractivity contribution in [1.82, 2.24) is 9.36 Å². The first-order valence-electron chi connectivity index (χ1n) is 8.61. The van der Waals surface area contributed by atoms with E-state index in [1.54, 1.807) is 0 Å². The molecule has 0 aliphatic carbocycles. The molecule has 3 heterocycles. The first kappa shape index (κ1) is 15.6. The molecule has 24 heavy (non-hydrogen) atoms. The molecule has 0 radical (unpaired) electrons. The van der Waals surface area contributed by atoms with E-state index in [2.05, 4.69) is 40.2 Å². The third kappa shape index (κ3) is 2.69. The zero-order valence-corrected chi connectivity index (χ0v) is 14.9. The molecule has 1 fully saturated rings. The van der Waals surface area contributed by atoms with Crippen LogP contribution in [0.15, 0.2) is 24.3 Å². The van der Waals surface area contributed by atoms with Crippen molar-refractivity contribution in [3.05, 3.63) is 35.7 Å². The van der Waals surface area contributed by atoms with Gasteiger partial charge < -0.3 is 9.80 Å². The molecule has 2 aromatic rings. The maximum absolute atomic E-state index is 13.0. The van der Waals surface area contributed by atoms with Gasteiger partial charge in [-0.15, -0.1) is 0 Å². The van der Waals surface area contributed by atoms with E-state index < -0.39 is 0 Å². The third-order valence-electron chi connectivity index (χ3n) is 4.91. The lowest BCUT2D eigenvalue weighted by Crippen LogP contribution is -2.36. The number of carbonyl (C=O) groups is 1. The van der Waals surface area contributed by atoms with Crippen LogP contribution in [0.5, 0.6) is 0 Å². The highest BCUT2D eigenvalue weighted by Crippen LogP contribution is 2.32. The highest BCUT2D eigenvalue weighted by molar-refractivity contribution is 7.09. The van der Waals surface area contributed by atoms with Gasteiger partial charge in [-0.25, -0.2) is 4.98 Å². The van der Waals surface area contributed by atoms with Crippen LogP contribution in [0.1, 0.15) is 37.6 Å². The molecule has 4 rings (SSSR count). The molecule has 0 spiro atoms. The van der Waals surface area contributed by atoms with E-state index in [-0.39, 0.29) is 11.8 Å². The molecule has 6 heteroatoms. The fourth-order valence-corrected chi connectivity index (χ4v) is 4.35. The van der Waals surface area contributed by atoms with Crippen LogP contribution in [0.25, 0.3) is 0 Å². The molecule has 2 aliphatic rings. The van der Waals surface area contributed by atoms with Crippen LogP contribution in [0.2, 0.25) is 0 Å². The second kappa shape index (κ2) is 6.16. The Balaban J connectivity index is 1.46. The molecular formula is C18H22N4OS. The molecule has 1 saturated heterocycles. The van der Waals surface area contributed by atoms with Gasteiger partial charge in [0.05, 0.1) is 5.92 Å². The Morgan fingerprint density at radius 3 is 2.92 bits per heavy atom. The van der Waals surface area contributed by atoms with Crippen LogP contribution >= 0.6 is 11.5 Å². The molecule has 1 amide bonds. The SMILES string of the molecule is CC(C)c1nsc(N2CCC(C(=O)N3CCc4ccccc43)C2)n1. The maximum Gasteiger partial charge on any atom is 0.231 e. The Bertz CT molecular complexity index is 757. The van der Waals surface area contributed by atoms with Crippen molar-refractivity contribution in [1.29, 1.82) is 0 Å². The molecule has 126 valence electrons. The lowest BCUT2D eigenvalue weighted by atomic mass is 10.1. The fraction of sp³-hybridized carbons (Fsp3) is 0.500. The molecule has 0 bridgehead atoms. The van der Waals surface area contributed by atoms with Crippen molar-refractivity contribution in [2.24, 2.45) is 5.92 Å². The van der Waals surface area contributed by atoms with Crippen LogP contribution in [0.4, 0.5) is 10.8 Å². The van der Waals surface area contributed by atoms with Crippen LogP contribution < -0.4 is 9.80 Å².